The van der Waals surface area contributed by atoms with Crippen LogP contribution in [0.2, 0.25) is 0 Å². The number of allylic oxidation sites excluding steroid dienone is 3. The van der Waals surface area contributed by atoms with Crippen molar-refractivity contribution in [2.45, 2.75) is 19.8 Å². The van der Waals surface area contributed by atoms with Gasteiger partial charge in [0, 0.05) is 42.9 Å². The molecule has 0 radical (unpaired) electrons. The Bertz CT molecular complexity index is 1390. The fourth-order valence-electron chi connectivity index (χ4n) is 4.00. The average Bonchev–Trinajstić information content (AvgIpc) is 2.89. The molecule has 0 unspecified atom stereocenters. The standard InChI is InChI=1S/C28H28FN3O5/c1-18(33)32(16-19-7-5-4-6-8-19)17-28(34)31-20-9-10-25(22(29)13-20)37-24-11-12-30-23-15-27(36-3)26(35-2)14-21(23)24/h4-5,7,9-15H,6,8,16-17H2,1-3H3,(H,31,34). The van der Waals surface area contributed by atoms with Crippen LogP contribution in [0.3, 0.4) is 0 Å². The van der Waals surface area contributed by atoms with Crippen molar-refractivity contribution < 1.29 is 28.2 Å². The highest BCUT2D eigenvalue weighted by Crippen LogP contribution is 2.37. The number of nitrogens with zero attached hydrogens (tertiary/aromatic N) is 2. The van der Waals surface area contributed by atoms with Gasteiger partial charge in [0.15, 0.2) is 23.1 Å². The third-order valence-corrected chi connectivity index (χ3v) is 5.92. The topological polar surface area (TPSA) is 90.0 Å². The normalized spacial score (nSPS) is 12.6. The number of fused-ring (bicyclic) bond motifs is 1. The van der Waals surface area contributed by atoms with Crippen LogP contribution in [-0.2, 0) is 9.59 Å². The van der Waals surface area contributed by atoms with E-state index in [-0.39, 0.29) is 23.9 Å². The Labute approximate surface area is 214 Å². The SMILES string of the molecule is COc1cc2nccc(Oc3ccc(NC(=O)CN(CC4=CC=CCC4)C(C)=O)cc3F)c2cc1OC. The number of methoxy groups -OCH3 is 2. The van der Waals surface area contributed by atoms with Crippen LogP contribution in [0.25, 0.3) is 10.9 Å². The van der Waals surface area contributed by atoms with Crippen molar-refractivity contribution in [3.8, 4) is 23.0 Å². The summed E-state index contributed by atoms with van der Waals surface area (Å²) in [6.07, 6.45) is 9.28. The number of hydrogen-bond donors (Lipinski definition) is 1. The maximum Gasteiger partial charge on any atom is 0.244 e. The lowest BCUT2D eigenvalue weighted by molar-refractivity contribution is -0.132. The van der Waals surface area contributed by atoms with Crippen LogP contribution in [0.4, 0.5) is 10.1 Å². The number of benzene rings is 2. The van der Waals surface area contributed by atoms with E-state index in [2.05, 4.69) is 16.4 Å². The molecule has 2 aromatic carbocycles. The number of pyridine rings is 1. The van der Waals surface area contributed by atoms with Crippen LogP contribution in [0, 0.1) is 5.82 Å². The quantitative estimate of drug-likeness (QED) is 0.427. The third kappa shape index (κ3) is 6.24. The molecule has 3 aromatic rings. The molecule has 0 saturated carbocycles. The predicted octanol–water partition coefficient (Wildman–Crippen LogP) is 5.25. The minimum absolute atomic E-state index is 0.0251. The second kappa shape index (κ2) is 11.6. The van der Waals surface area contributed by atoms with Crippen molar-refractivity contribution >= 4 is 28.4 Å². The van der Waals surface area contributed by atoms with E-state index in [9.17, 15) is 14.0 Å². The number of hydrogen-bond acceptors (Lipinski definition) is 6. The lowest BCUT2D eigenvalue weighted by atomic mass is 10.0. The minimum atomic E-state index is -0.661. The van der Waals surface area contributed by atoms with Gasteiger partial charge in [0.25, 0.3) is 0 Å². The van der Waals surface area contributed by atoms with Crippen molar-refractivity contribution in [3.05, 3.63) is 72.2 Å². The molecule has 8 nitrogen and oxygen atoms in total. The summed E-state index contributed by atoms with van der Waals surface area (Å²) in [7, 11) is 3.05. The summed E-state index contributed by atoms with van der Waals surface area (Å²) in [6, 6.07) is 9.19. The summed E-state index contributed by atoms with van der Waals surface area (Å²) >= 11 is 0. The molecule has 0 fully saturated rings. The molecule has 4 rings (SSSR count). The van der Waals surface area contributed by atoms with E-state index < -0.39 is 11.7 Å². The van der Waals surface area contributed by atoms with Crippen molar-refractivity contribution in [2.75, 3.05) is 32.6 Å². The first-order chi connectivity index (χ1) is 17.9. The highest BCUT2D eigenvalue weighted by molar-refractivity contribution is 5.94. The van der Waals surface area contributed by atoms with E-state index in [4.69, 9.17) is 14.2 Å². The Hall–Kier alpha value is -4.40. The minimum Gasteiger partial charge on any atom is -0.493 e. The first-order valence-corrected chi connectivity index (χ1v) is 11.8. The van der Waals surface area contributed by atoms with Gasteiger partial charge in [-0.05, 0) is 37.1 Å². The number of carbonyl (C=O) groups excluding carboxylic acids is 2. The molecule has 1 aliphatic carbocycles. The van der Waals surface area contributed by atoms with Gasteiger partial charge in [0.05, 0.1) is 19.7 Å². The molecule has 1 N–H and O–H groups in total. The molecular weight excluding hydrogens is 477 g/mol. The Kier molecular flexibility index (Phi) is 8.02. The zero-order valence-electron chi connectivity index (χ0n) is 20.9. The number of aromatic nitrogens is 1. The summed E-state index contributed by atoms with van der Waals surface area (Å²) < 4.78 is 31.5. The number of ether oxygens (including phenoxy) is 3. The molecule has 0 atom stereocenters. The van der Waals surface area contributed by atoms with Crippen molar-refractivity contribution in [3.63, 3.8) is 0 Å². The molecule has 2 amide bonds. The Balaban J connectivity index is 1.46. The Morgan fingerprint density at radius 1 is 1.05 bits per heavy atom. The summed E-state index contributed by atoms with van der Waals surface area (Å²) in [5.74, 6) is 0.0684. The fraction of sp³-hybridized carbons (Fsp3) is 0.250. The number of rotatable bonds is 9. The molecule has 1 heterocycles. The van der Waals surface area contributed by atoms with Gasteiger partial charge in [-0.2, -0.15) is 0 Å². The van der Waals surface area contributed by atoms with Gasteiger partial charge in [-0.1, -0.05) is 23.8 Å². The number of carbonyl (C=O) groups is 2. The smallest absolute Gasteiger partial charge is 0.244 e. The molecule has 1 aromatic heterocycles. The predicted molar refractivity (Wildman–Crippen MR) is 139 cm³/mol. The van der Waals surface area contributed by atoms with Crippen LogP contribution in [0.5, 0.6) is 23.0 Å². The molecule has 192 valence electrons. The largest absolute Gasteiger partial charge is 0.493 e. The maximum absolute atomic E-state index is 14.9. The fourth-order valence-corrected chi connectivity index (χ4v) is 4.00. The van der Waals surface area contributed by atoms with E-state index in [0.717, 1.165) is 18.4 Å². The molecular formula is C28H28FN3O5. The van der Waals surface area contributed by atoms with Crippen LogP contribution in [0.15, 0.2) is 66.4 Å². The Morgan fingerprint density at radius 3 is 2.51 bits per heavy atom. The molecule has 0 bridgehead atoms. The van der Waals surface area contributed by atoms with Crippen LogP contribution < -0.4 is 19.5 Å². The monoisotopic (exact) mass is 505 g/mol. The summed E-state index contributed by atoms with van der Waals surface area (Å²) in [4.78, 5) is 30.4. The lowest BCUT2D eigenvalue weighted by Crippen LogP contribution is -2.38. The number of amides is 2. The first kappa shape index (κ1) is 25.7. The zero-order chi connectivity index (χ0) is 26.4. The second-order valence-corrected chi connectivity index (χ2v) is 8.50. The Morgan fingerprint density at radius 2 is 1.84 bits per heavy atom. The summed E-state index contributed by atoms with van der Waals surface area (Å²) in [5.41, 5.74) is 1.93. The van der Waals surface area contributed by atoms with Crippen LogP contribution in [-0.4, -0.2) is 49.0 Å². The van der Waals surface area contributed by atoms with Gasteiger partial charge >= 0.3 is 0 Å². The van der Waals surface area contributed by atoms with Crippen molar-refractivity contribution in [2.24, 2.45) is 0 Å². The van der Waals surface area contributed by atoms with Gasteiger partial charge in [-0.3, -0.25) is 14.6 Å². The molecule has 0 spiro atoms. The molecule has 37 heavy (non-hydrogen) atoms. The highest BCUT2D eigenvalue weighted by Gasteiger charge is 2.17. The van der Waals surface area contributed by atoms with Crippen LogP contribution in [0.1, 0.15) is 19.8 Å². The van der Waals surface area contributed by atoms with Gasteiger partial charge in [-0.25, -0.2) is 4.39 Å². The van der Waals surface area contributed by atoms with Gasteiger partial charge in [-0.15, -0.1) is 0 Å². The van der Waals surface area contributed by atoms with E-state index >= 15 is 0 Å². The number of anilines is 1. The third-order valence-electron chi connectivity index (χ3n) is 5.92. The maximum atomic E-state index is 14.9. The summed E-state index contributed by atoms with van der Waals surface area (Å²) in [6.45, 7) is 1.67. The number of nitrogens with one attached hydrogen (secondary N) is 1. The molecule has 1 aliphatic rings. The molecule has 0 saturated heterocycles. The van der Waals surface area contributed by atoms with Crippen molar-refractivity contribution in [1.82, 2.24) is 9.88 Å². The van der Waals surface area contributed by atoms with E-state index in [1.807, 2.05) is 12.2 Å². The summed E-state index contributed by atoms with van der Waals surface area (Å²) in [5, 5.41) is 3.27. The highest BCUT2D eigenvalue weighted by atomic mass is 19.1. The van der Waals surface area contributed by atoms with E-state index in [1.165, 1.54) is 44.2 Å². The van der Waals surface area contributed by atoms with E-state index in [0.29, 0.717) is 34.7 Å². The van der Waals surface area contributed by atoms with Gasteiger partial charge < -0.3 is 24.4 Å². The lowest BCUT2D eigenvalue weighted by Gasteiger charge is -2.23. The average molecular weight is 506 g/mol. The van der Waals surface area contributed by atoms with Gasteiger partial charge in [0.1, 0.15) is 12.3 Å². The van der Waals surface area contributed by atoms with Crippen molar-refractivity contribution in [1.29, 1.82) is 0 Å². The molecule has 9 heteroatoms. The van der Waals surface area contributed by atoms with E-state index in [1.54, 1.807) is 24.4 Å². The zero-order valence-corrected chi connectivity index (χ0v) is 20.9. The number of halogens is 1. The second-order valence-electron chi connectivity index (χ2n) is 8.50. The van der Waals surface area contributed by atoms with Gasteiger partial charge in [0.2, 0.25) is 11.8 Å². The van der Waals surface area contributed by atoms with Crippen LogP contribution >= 0.6 is 0 Å². The first-order valence-electron chi connectivity index (χ1n) is 11.8. The molecule has 0 aliphatic heterocycles.